The van der Waals surface area contributed by atoms with E-state index in [-0.39, 0.29) is 6.85 Å². The van der Waals surface area contributed by atoms with E-state index in [0.29, 0.717) is 17.5 Å². The van der Waals surface area contributed by atoms with E-state index in [2.05, 4.69) is 134 Å². The van der Waals surface area contributed by atoms with Crippen molar-refractivity contribution in [3.8, 4) is 16.8 Å². The summed E-state index contributed by atoms with van der Waals surface area (Å²) in [6, 6.07) is 19.5. The van der Waals surface area contributed by atoms with Crippen LogP contribution < -0.4 is 20.0 Å². The highest BCUT2D eigenvalue weighted by Gasteiger charge is 2.34. The van der Waals surface area contributed by atoms with Gasteiger partial charge in [0.2, 0.25) is 5.71 Å². The number of imidazole rings is 1. The van der Waals surface area contributed by atoms with Gasteiger partial charge in [0.25, 0.3) is 0 Å². The van der Waals surface area contributed by atoms with Crippen LogP contribution in [0, 0.1) is 0 Å². The van der Waals surface area contributed by atoms with Crippen LogP contribution in [0.3, 0.4) is 0 Å². The molecule has 0 bridgehead atoms. The van der Waals surface area contributed by atoms with Crippen molar-refractivity contribution in [2.24, 2.45) is 7.05 Å². The van der Waals surface area contributed by atoms with Gasteiger partial charge in [-0.05, 0) is 71.2 Å². The summed E-state index contributed by atoms with van der Waals surface area (Å²) in [6.45, 7) is 11.5. The second kappa shape index (κ2) is 9.36. The molecule has 1 aliphatic rings. The maximum Gasteiger partial charge on any atom is 0.369 e. The number of nitrogens with zero attached hydrogens (tertiary/aromatic N) is 4. The maximum absolute atomic E-state index is 6.09. The summed E-state index contributed by atoms with van der Waals surface area (Å²) in [6.07, 6.45) is 8.36. The summed E-state index contributed by atoms with van der Waals surface area (Å²) in [5, 5.41) is 2.11. The molecule has 6 rings (SSSR count). The minimum atomic E-state index is 0.108. The van der Waals surface area contributed by atoms with Gasteiger partial charge >= 0.3 is 12.8 Å². The first-order valence-corrected chi connectivity index (χ1v) is 13.5. The molecule has 0 N–H and O–H groups in total. The van der Waals surface area contributed by atoms with Crippen LogP contribution in [-0.4, -0.2) is 16.4 Å². The smallest absolute Gasteiger partial charge is 0.369 e. The standard InChI is InChI=1S/C32H34BN4O/c1-21(2)26-17-24(23-11-8-7-9-12-23)18-27(22(3)4)30(26)36-16-15-35(6)32(36)37-20-28-25-13-10-14-34-31(25)38-29(28)19-33(37)5/h7-22H,1-6H3/q+1. The van der Waals surface area contributed by atoms with E-state index >= 15 is 0 Å². The fraction of sp³-hybridized carbons (Fsp3) is 0.250. The van der Waals surface area contributed by atoms with E-state index in [9.17, 15) is 0 Å². The molecule has 0 radical (unpaired) electrons. The lowest BCUT2D eigenvalue weighted by Gasteiger charge is -2.24. The molecular formula is C32H34BN4O+. The number of pyridine rings is 1. The van der Waals surface area contributed by atoms with Crippen LogP contribution in [-0.2, 0) is 7.05 Å². The highest BCUT2D eigenvalue weighted by Crippen LogP contribution is 2.37. The molecule has 6 heteroatoms. The first-order chi connectivity index (χ1) is 18.3. The topological polar surface area (TPSA) is 38.1 Å². The normalized spacial score (nSPS) is 13.3. The lowest BCUT2D eigenvalue weighted by atomic mass is 9.62. The van der Waals surface area contributed by atoms with Crippen LogP contribution in [0.25, 0.3) is 40.1 Å². The Labute approximate surface area is 224 Å². The second-order valence-corrected chi connectivity index (χ2v) is 10.9. The van der Waals surface area contributed by atoms with Gasteiger partial charge in [-0.1, -0.05) is 58.0 Å². The SMILES string of the molecule is CB1C=c2oc3ncccc3c2=CN1c1n(-c2c(C(C)C)cc(-c3ccccc3)cc2C(C)C)cc[n+]1C. The molecular weight excluding hydrogens is 467 g/mol. The molecule has 0 atom stereocenters. The van der Waals surface area contributed by atoms with Crippen LogP contribution in [0.1, 0.15) is 50.7 Å². The minimum Gasteiger partial charge on any atom is -0.439 e. The van der Waals surface area contributed by atoms with E-state index in [4.69, 9.17) is 4.42 Å². The van der Waals surface area contributed by atoms with Gasteiger partial charge in [-0.2, -0.15) is 0 Å². The Balaban J connectivity index is 1.59. The van der Waals surface area contributed by atoms with Crippen LogP contribution in [0.15, 0.2) is 77.6 Å². The molecule has 0 aliphatic carbocycles. The number of furan rings is 1. The Morgan fingerprint density at radius 1 is 0.921 bits per heavy atom. The van der Waals surface area contributed by atoms with E-state index in [1.54, 1.807) is 6.20 Å². The quantitative estimate of drug-likeness (QED) is 0.234. The lowest BCUT2D eigenvalue weighted by Crippen LogP contribution is -2.47. The molecule has 0 spiro atoms. The van der Waals surface area contributed by atoms with Crippen LogP contribution in [0.5, 0.6) is 0 Å². The Morgan fingerprint density at radius 3 is 2.32 bits per heavy atom. The van der Waals surface area contributed by atoms with Gasteiger partial charge < -0.3 is 4.42 Å². The number of fused-ring (bicyclic) bond motifs is 3. The number of aromatic nitrogens is 3. The average Bonchev–Trinajstić information content (AvgIpc) is 3.47. The summed E-state index contributed by atoms with van der Waals surface area (Å²) in [5.74, 6) is 4.02. The Kier molecular flexibility index (Phi) is 5.98. The van der Waals surface area contributed by atoms with Crippen molar-refractivity contribution < 1.29 is 8.98 Å². The second-order valence-electron chi connectivity index (χ2n) is 10.9. The summed E-state index contributed by atoms with van der Waals surface area (Å²) >= 11 is 0. The molecule has 0 amide bonds. The summed E-state index contributed by atoms with van der Waals surface area (Å²) in [4.78, 5) is 6.79. The van der Waals surface area contributed by atoms with E-state index in [1.165, 1.54) is 27.9 Å². The van der Waals surface area contributed by atoms with Crippen molar-refractivity contribution in [2.45, 2.75) is 46.4 Å². The Morgan fingerprint density at radius 2 is 1.63 bits per heavy atom. The fourth-order valence-corrected chi connectivity index (χ4v) is 5.61. The predicted molar refractivity (Wildman–Crippen MR) is 157 cm³/mol. The van der Waals surface area contributed by atoms with Crippen molar-refractivity contribution in [2.75, 3.05) is 4.81 Å². The number of benzene rings is 2. The summed E-state index contributed by atoms with van der Waals surface area (Å²) in [7, 11) is 2.12. The van der Waals surface area contributed by atoms with E-state index < -0.39 is 0 Å². The van der Waals surface area contributed by atoms with Gasteiger partial charge in [-0.15, -0.1) is 0 Å². The molecule has 0 fully saturated rings. The van der Waals surface area contributed by atoms with E-state index in [1.807, 2.05) is 6.07 Å². The van der Waals surface area contributed by atoms with Gasteiger partial charge in [-0.3, -0.25) is 4.81 Å². The fourth-order valence-electron chi connectivity index (χ4n) is 5.61. The van der Waals surface area contributed by atoms with Crippen molar-refractivity contribution in [3.63, 3.8) is 0 Å². The molecule has 1 aliphatic heterocycles. The average molecular weight is 501 g/mol. The first-order valence-electron chi connectivity index (χ1n) is 13.5. The van der Waals surface area contributed by atoms with Crippen LogP contribution >= 0.6 is 0 Å². The van der Waals surface area contributed by atoms with Gasteiger partial charge in [0, 0.05) is 6.20 Å². The van der Waals surface area contributed by atoms with Crippen molar-refractivity contribution in [1.82, 2.24) is 9.55 Å². The number of anilines is 1. The van der Waals surface area contributed by atoms with Crippen molar-refractivity contribution in [1.29, 1.82) is 0 Å². The summed E-state index contributed by atoms with van der Waals surface area (Å²) in [5.41, 5.74) is 8.06. The van der Waals surface area contributed by atoms with Gasteiger partial charge in [-0.25, -0.2) is 14.1 Å². The van der Waals surface area contributed by atoms with Gasteiger partial charge in [0.1, 0.15) is 17.3 Å². The number of rotatable bonds is 5. The molecule has 3 aromatic heterocycles. The van der Waals surface area contributed by atoms with Gasteiger partial charge in [0.05, 0.1) is 30.0 Å². The molecule has 0 saturated carbocycles. The third-order valence-corrected chi connectivity index (χ3v) is 7.60. The summed E-state index contributed by atoms with van der Waals surface area (Å²) < 4.78 is 10.7. The first kappa shape index (κ1) is 24.3. The zero-order valence-corrected chi connectivity index (χ0v) is 23.0. The predicted octanol–water partition coefficient (Wildman–Crippen LogP) is 5.56. The zero-order valence-electron chi connectivity index (χ0n) is 23.0. The molecule has 0 unspecified atom stereocenters. The molecule has 5 nitrogen and oxygen atoms in total. The molecule has 0 saturated heterocycles. The molecule has 5 aromatic rings. The zero-order chi connectivity index (χ0) is 26.6. The number of aryl methyl sites for hydroxylation is 1. The van der Waals surface area contributed by atoms with Gasteiger partial charge in [0.15, 0.2) is 0 Å². The largest absolute Gasteiger partial charge is 0.439 e. The monoisotopic (exact) mass is 501 g/mol. The third kappa shape index (κ3) is 3.96. The molecule has 38 heavy (non-hydrogen) atoms. The van der Waals surface area contributed by atoms with Crippen LogP contribution in [0.4, 0.5) is 5.95 Å². The molecule has 190 valence electrons. The van der Waals surface area contributed by atoms with Crippen molar-refractivity contribution >= 4 is 36.1 Å². The van der Waals surface area contributed by atoms with E-state index in [0.717, 1.165) is 22.0 Å². The Hall–Kier alpha value is -4.06. The molecule has 4 heterocycles. The Bertz CT molecular complexity index is 1740. The minimum absolute atomic E-state index is 0.108. The van der Waals surface area contributed by atoms with Crippen molar-refractivity contribution in [3.05, 3.63) is 94.9 Å². The highest BCUT2D eigenvalue weighted by molar-refractivity contribution is 6.76. The number of hydrogen-bond acceptors (Lipinski definition) is 3. The highest BCUT2D eigenvalue weighted by atomic mass is 16.3. The lowest BCUT2D eigenvalue weighted by molar-refractivity contribution is -0.656. The number of hydrogen-bond donors (Lipinski definition) is 0. The maximum atomic E-state index is 6.09. The van der Waals surface area contributed by atoms with Crippen LogP contribution in [0.2, 0.25) is 6.82 Å². The third-order valence-electron chi connectivity index (χ3n) is 7.60. The molecule has 2 aromatic carbocycles.